The van der Waals surface area contributed by atoms with Crippen molar-refractivity contribution < 1.29 is 13.5 Å². The van der Waals surface area contributed by atoms with Crippen LogP contribution in [0.1, 0.15) is 18.1 Å². The lowest BCUT2D eigenvalue weighted by molar-refractivity contribution is 0.413. The fraction of sp³-hybridized carbons (Fsp3) is 0.200. The number of ether oxygens (including phenoxy) is 1. The number of methoxy groups -OCH3 is 1. The van der Waals surface area contributed by atoms with Crippen molar-refractivity contribution in [1.82, 2.24) is 0 Å². The van der Waals surface area contributed by atoms with E-state index in [9.17, 15) is 8.78 Å². The van der Waals surface area contributed by atoms with Gasteiger partial charge in [-0.3, -0.25) is 0 Å². The molecule has 0 aliphatic rings. The lowest BCUT2D eigenvalue weighted by atomic mass is 9.85. The molecule has 0 saturated heterocycles. The molecule has 0 spiro atoms. The fourth-order valence-corrected chi connectivity index (χ4v) is 2.20. The Bertz CT molecular complexity index is 624. The van der Waals surface area contributed by atoms with Gasteiger partial charge in [-0.1, -0.05) is 17.7 Å². The molecule has 1 unspecified atom stereocenters. The molecule has 2 rings (SSSR count). The maximum absolute atomic E-state index is 13.3. The van der Waals surface area contributed by atoms with Gasteiger partial charge in [0.05, 0.1) is 17.7 Å². The molecule has 2 nitrogen and oxygen atoms in total. The molecule has 2 N–H and O–H groups in total. The summed E-state index contributed by atoms with van der Waals surface area (Å²) in [6.07, 6.45) is 0. The number of rotatable bonds is 3. The largest absolute Gasteiger partial charge is 0.495 e. The molecule has 0 heterocycles. The standard InChI is InChI=1S/C15H14ClF2NO/c1-15(19,10-5-11(17)8-12(18)6-10)9-3-4-13(16)14(7-9)20-2/h3-8H,19H2,1-2H3. The molecular formula is C15H14ClF2NO. The summed E-state index contributed by atoms with van der Waals surface area (Å²) in [6.45, 7) is 1.67. The Balaban J connectivity index is 2.53. The Kier molecular flexibility index (Phi) is 3.97. The lowest BCUT2D eigenvalue weighted by Crippen LogP contribution is -2.34. The average molecular weight is 298 g/mol. The Morgan fingerprint density at radius 2 is 1.65 bits per heavy atom. The van der Waals surface area contributed by atoms with Crippen LogP contribution in [0.2, 0.25) is 5.02 Å². The Hall–Kier alpha value is -1.65. The predicted octanol–water partition coefficient (Wildman–Crippen LogP) is 3.85. The number of halogens is 3. The summed E-state index contributed by atoms with van der Waals surface area (Å²) in [7, 11) is 1.49. The topological polar surface area (TPSA) is 35.2 Å². The van der Waals surface area contributed by atoms with Gasteiger partial charge in [-0.2, -0.15) is 0 Å². The minimum absolute atomic E-state index is 0.333. The van der Waals surface area contributed by atoms with Gasteiger partial charge in [-0.25, -0.2) is 8.78 Å². The monoisotopic (exact) mass is 297 g/mol. The molecule has 5 heteroatoms. The molecule has 2 aromatic rings. The summed E-state index contributed by atoms with van der Waals surface area (Å²) >= 11 is 5.96. The first kappa shape index (κ1) is 14.8. The van der Waals surface area contributed by atoms with Crippen LogP contribution >= 0.6 is 11.6 Å². The van der Waals surface area contributed by atoms with E-state index in [-0.39, 0.29) is 0 Å². The van der Waals surface area contributed by atoms with E-state index >= 15 is 0 Å². The summed E-state index contributed by atoms with van der Waals surface area (Å²) in [4.78, 5) is 0. The van der Waals surface area contributed by atoms with E-state index in [0.717, 1.165) is 6.07 Å². The van der Waals surface area contributed by atoms with E-state index in [1.807, 2.05) is 0 Å². The molecule has 106 valence electrons. The minimum Gasteiger partial charge on any atom is -0.495 e. The zero-order chi connectivity index (χ0) is 14.9. The van der Waals surface area contributed by atoms with Crippen molar-refractivity contribution in [2.45, 2.75) is 12.5 Å². The Labute approximate surface area is 121 Å². The number of hydrogen-bond donors (Lipinski definition) is 1. The van der Waals surface area contributed by atoms with Crippen LogP contribution in [0.4, 0.5) is 8.78 Å². The summed E-state index contributed by atoms with van der Waals surface area (Å²) in [5.74, 6) is -0.882. The molecule has 0 bridgehead atoms. The fourth-order valence-electron chi connectivity index (χ4n) is 2.00. The quantitative estimate of drug-likeness (QED) is 0.934. The van der Waals surface area contributed by atoms with Gasteiger partial charge < -0.3 is 10.5 Å². The van der Waals surface area contributed by atoms with E-state index in [1.165, 1.54) is 19.2 Å². The van der Waals surface area contributed by atoms with Gasteiger partial charge in [-0.15, -0.1) is 0 Å². The van der Waals surface area contributed by atoms with Crippen LogP contribution in [0, 0.1) is 11.6 Å². The van der Waals surface area contributed by atoms with Gasteiger partial charge in [0.2, 0.25) is 0 Å². The van der Waals surface area contributed by atoms with Crippen molar-refractivity contribution in [3.8, 4) is 5.75 Å². The normalized spacial score (nSPS) is 13.9. The van der Waals surface area contributed by atoms with E-state index in [0.29, 0.717) is 21.9 Å². The van der Waals surface area contributed by atoms with Gasteiger partial charge >= 0.3 is 0 Å². The molecule has 0 radical (unpaired) electrons. The molecule has 0 saturated carbocycles. The van der Waals surface area contributed by atoms with Crippen LogP contribution in [0.25, 0.3) is 0 Å². The second-order valence-corrected chi connectivity index (χ2v) is 5.12. The summed E-state index contributed by atoms with van der Waals surface area (Å²) in [6, 6.07) is 8.23. The smallest absolute Gasteiger partial charge is 0.137 e. The van der Waals surface area contributed by atoms with E-state index in [2.05, 4.69) is 0 Å². The van der Waals surface area contributed by atoms with Gasteiger partial charge in [0.25, 0.3) is 0 Å². The highest BCUT2D eigenvalue weighted by atomic mass is 35.5. The first-order chi connectivity index (χ1) is 9.34. The summed E-state index contributed by atoms with van der Waals surface area (Å²) in [5.41, 5.74) is 6.15. The van der Waals surface area contributed by atoms with E-state index in [1.54, 1.807) is 25.1 Å². The highest BCUT2D eigenvalue weighted by Gasteiger charge is 2.26. The third-order valence-corrected chi connectivity index (χ3v) is 3.53. The highest BCUT2D eigenvalue weighted by molar-refractivity contribution is 6.32. The molecule has 1 atom stereocenters. The van der Waals surface area contributed by atoms with Crippen LogP contribution in [0.3, 0.4) is 0 Å². The van der Waals surface area contributed by atoms with Crippen molar-refractivity contribution >= 4 is 11.6 Å². The van der Waals surface area contributed by atoms with Gasteiger partial charge in [0.15, 0.2) is 0 Å². The van der Waals surface area contributed by atoms with Gasteiger partial charge in [0.1, 0.15) is 17.4 Å². The van der Waals surface area contributed by atoms with Crippen LogP contribution in [-0.4, -0.2) is 7.11 Å². The van der Waals surface area contributed by atoms with Crippen LogP contribution < -0.4 is 10.5 Å². The van der Waals surface area contributed by atoms with Crippen LogP contribution in [0.5, 0.6) is 5.75 Å². The molecule has 0 aliphatic carbocycles. The molecule has 0 aromatic heterocycles. The first-order valence-electron chi connectivity index (χ1n) is 5.94. The molecule has 20 heavy (non-hydrogen) atoms. The third kappa shape index (κ3) is 2.76. The van der Waals surface area contributed by atoms with Crippen molar-refractivity contribution in [3.63, 3.8) is 0 Å². The second kappa shape index (κ2) is 5.38. The molecule has 0 aliphatic heterocycles. The first-order valence-corrected chi connectivity index (χ1v) is 6.32. The SMILES string of the molecule is COc1cc(C(C)(N)c2cc(F)cc(F)c2)ccc1Cl. The maximum Gasteiger partial charge on any atom is 0.137 e. The molecule has 0 amide bonds. The van der Waals surface area contributed by atoms with E-state index in [4.69, 9.17) is 22.1 Å². The highest BCUT2D eigenvalue weighted by Crippen LogP contribution is 2.33. The second-order valence-electron chi connectivity index (χ2n) is 4.71. The molecule has 0 fully saturated rings. The van der Waals surface area contributed by atoms with Crippen molar-refractivity contribution in [3.05, 3.63) is 64.2 Å². The van der Waals surface area contributed by atoms with Gasteiger partial charge in [0, 0.05) is 6.07 Å². The zero-order valence-electron chi connectivity index (χ0n) is 11.1. The minimum atomic E-state index is -1.07. The Morgan fingerprint density at radius 1 is 1.05 bits per heavy atom. The third-order valence-electron chi connectivity index (χ3n) is 3.21. The summed E-state index contributed by atoms with van der Waals surface area (Å²) in [5, 5.41) is 0.442. The number of nitrogens with two attached hydrogens (primary N) is 1. The van der Waals surface area contributed by atoms with Gasteiger partial charge in [-0.05, 0) is 42.3 Å². The maximum atomic E-state index is 13.3. The van der Waals surface area contributed by atoms with Crippen molar-refractivity contribution in [1.29, 1.82) is 0 Å². The lowest BCUT2D eigenvalue weighted by Gasteiger charge is -2.26. The van der Waals surface area contributed by atoms with E-state index < -0.39 is 17.2 Å². The van der Waals surface area contributed by atoms with Crippen molar-refractivity contribution in [2.75, 3.05) is 7.11 Å². The predicted molar refractivity (Wildman–Crippen MR) is 75.0 cm³/mol. The summed E-state index contributed by atoms with van der Waals surface area (Å²) < 4.78 is 31.8. The number of benzene rings is 2. The van der Waals surface area contributed by atoms with Crippen LogP contribution in [0.15, 0.2) is 36.4 Å². The average Bonchev–Trinajstić information content (AvgIpc) is 2.37. The van der Waals surface area contributed by atoms with Crippen LogP contribution in [-0.2, 0) is 5.54 Å². The molecular weight excluding hydrogens is 284 g/mol. The number of hydrogen-bond acceptors (Lipinski definition) is 2. The Morgan fingerprint density at radius 3 is 2.20 bits per heavy atom. The van der Waals surface area contributed by atoms with Crippen molar-refractivity contribution in [2.24, 2.45) is 5.73 Å². The molecule has 2 aromatic carbocycles. The zero-order valence-corrected chi connectivity index (χ0v) is 11.8.